The van der Waals surface area contributed by atoms with Crippen LogP contribution in [-0.4, -0.2) is 5.54 Å². The zero-order valence-corrected chi connectivity index (χ0v) is 9.28. The van der Waals surface area contributed by atoms with Crippen LogP contribution in [0.3, 0.4) is 0 Å². The first-order valence-electron chi connectivity index (χ1n) is 4.80. The van der Waals surface area contributed by atoms with Crippen molar-refractivity contribution >= 4 is 0 Å². The molecule has 1 aromatic rings. The summed E-state index contributed by atoms with van der Waals surface area (Å²) >= 11 is 0. The van der Waals surface area contributed by atoms with Crippen molar-refractivity contribution < 1.29 is 22.0 Å². The molecule has 96 valence electrons. The summed E-state index contributed by atoms with van der Waals surface area (Å²) in [5.74, 6) is -3.53. The number of alkyl halides is 5. The first-order valence-corrected chi connectivity index (χ1v) is 4.80. The monoisotopic (exact) mass is 253 g/mol. The summed E-state index contributed by atoms with van der Waals surface area (Å²) in [6.45, 7) is 2.13. The molecule has 0 radical (unpaired) electrons. The highest BCUT2D eigenvalue weighted by Crippen LogP contribution is 2.39. The van der Waals surface area contributed by atoms with E-state index in [1.165, 1.54) is 0 Å². The number of hydrogen-bond acceptors (Lipinski definition) is 1. The van der Waals surface area contributed by atoms with Crippen molar-refractivity contribution in [2.24, 2.45) is 5.73 Å². The van der Waals surface area contributed by atoms with Gasteiger partial charge in [-0.3, -0.25) is 0 Å². The van der Waals surface area contributed by atoms with E-state index in [0.717, 1.165) is 32.0 Å². The average molecular weight is 253 g/mol. The van der Waals surface area contributed by atoms with Crippen molar-refractivity contribution in [3.05, 3.63) is 35.4 Å². The standard InChI is InChI=1S/C11H12F5N/c1-9(2,17)10(12,13)7-4-3-5-8(6-7)11(14,15)16/h3-6H,17H2,1-2H3. The summed E-state index contributed by atoms with van der Waals surface area (Å²) in [6.07, 6.45) is -4.65. The molecular weight excluding hydrogens is 241 g/mol. The van der Waals surface area contributed by atoms with E-state index in [9.17, 15) is 22.0 Å². The third-order valence-electron chi connectivity index (χ3n) is 2.36. The summed E-state index contributed by atoms with van der Waals surface area (Å²) in [5, 5.41) is 0. The van der Waals surface area contributed by atoms with E-state index >= 15 is 0 Å². The van der Waals surface area contributed by atoms with E-state index in [0.29, 0.717) is 6.07 Å². The average Bonchev–Trinajstić information content (AvgIpc) is 2.15. The molecule has 0 amide bonds. The van der Waals surface area contributed by atoms with Gasteiger partial charge in [-0.25, -0.2) is 0 Å². The molecule has 0 atom stereocenters. The number of benzene rings is 1. The van der Waals surface area contributed by atoms with Crippen LogP contribution in [0.5, 0.6) is 0 Å². The van der Waals surface area contributed by atoms with Crippen LogP contribution in [-0.2, 0) is 12.1 Å². The Bertz CT molecular complexity index is 403. The van der Waals surface area contributed by atoms with Crippen molar-refractivity contribution in [1.29, 1.82) is 0 Å². The summed E-state index contributed by atoms with van der Waals surface area (Å²) in [5.41, 5.74) is 1.49. The van der Waals surface area contributed by atoms with E-state index in [1.807, 2.05) is 0 Å². The van der Waals surface area contributed by atoms with Crippen LogP contribution in [0.2, 0.25) is 0 Å². The minimum Gasteiger partial charge on any atom is -0.320 e. The van der Waals surface area contributed by atoms with Gasteiger partial charge in [0.15, 0.2) is 0 Å². The molecule has 0 bridgehead atoms. The summed E-state index contributed by atoms with van der Waals surface area (Å²) in [4.78, 5) is 0. The minimum atomic E-state index is -4.65. The molecule has 0 saturated heterocycles. The van der Waals surface area contributed by atoms with Gasteiger partial charge in [-0.1, -0.05) is 12.1 Å². The summed E-state index contributed by atoms with van der Waals surface area (Å²) in [7, 11) is 0. The molecule has 0 spiro atoms. The van der Waals surface area contributed by atoms with E-state index in [4.69, 9.17) is 5.73 Å². The van der Waals surface area contributed by atoms with Gasteiger partial charge >= 0.3 is 6.18 Å². The first-order chi connectivity index (χ1) is 7.46. The molecule has 0 unspecified atom stereocenters. The molecule has 1 nitrogen and oxygen atoms in total. The van der Waals surface area contributed by atoms with E-state index in [2.05, 4.69) is 0 Å². The van der Waals surface area contributed by atoms with Crippen LogP contribution >= 0.6 is 0 Å². The highest BCUT2D eigenvalue weighted by atomic mass is 19.4. The quantitative estimate of drug-likeness (QED) is 0.801. The molecule has 17 heavy (non-hydrogen) atoms. The van der Waals surface area contributed by atoms with Gasteiger partial charge in [-0.15, -0.1) is 0 Å². The van der Waals surface area contributed by atoms with Crippen molar-refractivity contribution in [3.8, 4) is 0 Å². The predicted molar refractivity (Wildman–Crippen MR) is 53.6 cm³/mol. The smallest absolute Gasteiger partial charge is 0.320 e. The molecule has 0 aliphatic carbocycles. The normalized spacial score (nSPS) is 13.9. The van der Waals surface area contributed by atoms with Crippen LogP contribution in [0, 0.1) is 0 Å². The Morgan fingerprint density at radius 2 is 1.41 bits per heavy atom. The molecule has 0 saturated carbocycles. The lowest BCUT2D eigenvalue weighted by Crippen LogP contribution is -2.48. The van der Waals surface area contributed by atoms with Gasteiger partial charge in [0.2, 0.25) is 0 Å². The van der Waals surface area contributed by atoms with Crippen molar-refractivity contribution in [3.63, 3.8) is 0 Å². The zero-order chi connectivity index (χ0) is 13.5. The van der Waals surface area contributed by atoms with Crippen LogP contribution in [0.15, 0.2) is 24.3 Å². The lowest BCUT2D eigenvalue weighted by atomic mass is 9.90. The van der Waals surface area contributed by atoms with Crippen LogP contribution in [0.4, 0.5) is 22.0 Å². The van der Waals surface area contributed by atoms with Gasteiger partial charge in [0.1, 0.15) is 0 Å². The molecular formula is C11H12F5N. The molecule has 1 aromatic carbocycles. The third kappa shape index (κ3) is 2.74. The Kier molecular flexibility index (Phi) is 3.22. The fraction of sp³-hybridized carbons (Fsp3) is 0.455. The Morgan fingerprint density at radius 3 is 1.82 bits per heavy atom. The Balaban J connectivity index is 3.26. The van der Waals surface area contributed by atoms with Gasteiger partial charge in [0.05, 0.1) is 11.1 Å². The van der Waals surface area contributed by atoms with Crippen molar-refractivity contribution in [2.75, 3.05) is 0 Å². The second-order valence-electron chi connectivity index (χ2n) is 4.37. The number of rotatable bonds is 2. The van der Waals surface area contributed by atoms with Crippen LogP contribution in [0.1, 0.15) is 25.0 Å². The fourth-order valence-electron chi connectivity index (χ4n) is 1.26. The topological polar surface area (TPSA) is 26.0 Å². The fourth-order valence-corrected chi connectivity index (χ4v) is 1.26. The maximum Gasteiger partial charge on any atom is 0.416 e. The second-order valence-corrected chi connectivity index (χ2v) is 4.37. The molecule has 2 N–H and O–H groups in total. The molecule has 0 aliphatic rings. The van der Waals surface area contributed by atoms with E-state index < -0.39 is 28.8 Å². The lowest BCUT2D eigenvalue weighted by molar-refractivity contribution is -0.138. The maximum absolute atomic E-state index is 13.7. The Hall–Kier alpha value is -1.17. The molecule has 0 aliphatic heterocycles. The molecule has 0 heterocycles. The summed E-state index contributed by atoms with van der Waals surface area (Å²) in [6, 6.07) is 3.04. The van der Waals surface area contributed by atoms with Gasteiger partial charge < -0.3 is 5.73 Å². The molecule has 6 heteroatoms. The van der Waals surface area contributed by atoms with Crippen molar-refractivity contribution in [1.82, 2.24) is 0 Å². The maximum atomic E-state index is 13.7. The number of nitrogens with two attached hydrogens (primary N) is 1. The molecule has 1 rings (SSSR count). The van der Waals surface area contributed by atoms with Gasteiger partial charge in [-0.05, 0) is 26.0 Å². The Morgan fingerprint density at radius 1 is 0.941 bits per heavy atom. The largest absolute Gasteiger partial charge is 0.416 e. The van der Waals surface area contributed by atoms with Gasteiger partial charge in [0.25, 0.3) is 5.92 Å². The molecule has 0 aromatic heterocycles. The minimum absolute atomic E-state index is 0.425. The van der Waals surface area contributed by atoms with Crippen molar-refractivity contribution in [2.45, 2.75) is 31.5 Å². The third-order valence-corrected chi connectivity index (χ3v) is 2.36. The van der Waals surface area contributed by atoms with Gasteiger partial charge in [-0.2, -0.15) is 22.0 Å². The van der Waals surface area contributed by atoms with E-state index in [1.54, 1.807) is 0 Å². The molecule has 0 fully saturated rings. The van der Waals surface area contributed by atoms with Crippen LogP contribution in [0.25, 0.3) is 0 Å². The number of halogens is 5. The highest BCUT2D eigenvalue weighted by molar-refractivity contribution is 5.30. The second kappa shape index (κ2) is 3.94. The highest BCUT2D eigenvalue weighted by Gasteiger charge is 2.46. The van der Waals surface area contributed by atoms with Gasteiger partial charge in [0, 0.05) is 5.56 Å². The summed E-state index contributed by atoms with van der Waals surface area (Å²) < 4.78 is 64.6. The SMILES string of the molecule is CC(C)(N)C(F)(F)c1cccc(C(F)(F)F)c1. The van der Waals surface area contributed by atoms with Crippen LogP contribution < -0.4 is 5.73 Å². The Labute approximate surface area is 95.4 Å². The van der Waals surface area contributed by atoms with E-state index in [-0.39, 0.29) is 0 Å². The predicted octanol–water partition coefficient (Wildman–Crippen LogP) is 3.53. The lowest BCUT2D eigenvalue weighted by Gasteiger charge is -2.30. The first kappa shape index (κ1) is 13.9. The number of hydrogen-bond donors (Lipinski definition) is 1. The zero-order valence-electron chi connectivity index (χ0n) is 9.28.